The van der Waals surface area contributed by atoms with E-state index in [9.17, 15) is 0 Å². The second kappa shape index (κ2) is 8.23. The molecule has 1 aromatic rings. The molecule has 0 unspecified atom stereocenters. The van der Waals surface area contributed by atoms with Crippen LogP contribution in [0.15, 0.2) is 30.3 Å². The summed E-state index contributed by atoms with van der Waals surface area (Å²) in [5.74, 6) is 0.871. The van der Waals surface area contributed by atoms with Gasteiger partial charge < -0.3 is 9.47 Å². The molecule has 1 aromatic carbocycles. The first-order valence-corrected chi connectivity index (χ1v) is 4.95. The van der Waals surface area contributed by atoms with Crippen LogP contribution in [0.4, 0.5) is 0 Å². The molecule has 84 valence electrons. The normalized spacial score (nSPS) is 10.2. The summed E-state index contributed by atoms with van der Waals surface area (Å²) in [6.07, 6.45) is 0. The smallest absolute Gasteiger partial charge is 0.119 e. The number of hydrogen-bond donors (Lipinski definition) is 1. The molecule has 0 aliphatic carbocycles. The highest BCUT2D eigenvalue weighted by molar-refractivity contribution is 5.20. The number of hydroxylamine groups is 1. The summed E-state index contributed by atoms with van der Waals surface area (Å²) in [5, 5.41) is 0. The Morgan fingerprint density at radius 3 is 2.60 bits per heavy atom. The Hall–Kier alpha value is -1.10. The summed E-state index contributed by atoms with van der Waals surface area (Å²) < 4.78 is 10.3. The monoisotopic (exact) mass is 211 g/mol. The lowest BCUT2D eigenvalue weighted by Gasteiger charge is -2.07. The lowest BCUT2D eigenvalue weighted by molar-refractivity contribution is 0.00257. The predicted molar refractivity (Wildman–Crippen MR) is 57.8 cm³/mol. The maximum absolute atomic E-state index is 5.44. The number of methoxy groups -OCH3 is 1. The van der Waals surface area contributed by atoms with Gasteiger partial charge in [-0.05, 0) is 12.1 Å². The van der Waals surface area contributed by atoms with Gasteiger partial charge in [-0.3, -0.25) is 4.84 Å². The fraction of sp³-hybridized carbons (Fsp3) is 0.455. The van der Waals surface area contributed by atoms with Crippen LogP contribution in [0.1, 0.15) is 0 Å². The summed E-state index contributed by atoms with van der Waals surface area (Å²) in [5.41, 5.74) is 2.79. The van der Waals surface area contributed by atoms with Crippen LogP contribution < -0.4 is 10.2 Å². The van der Waals surface area contributed by atoms with Crippen molar-refractivity contribution in [2.75, 3.05) is 33.5 Å². The zero-order chi connectivity index (χ0) is 10.8. The molecule has 0 spiro atoms. The molecule has 0 aliphatic heterocycles. The average Bonchev–Trinajstić information content (AvgIpc) is 2.29. The fourth-order valence-electron chi connectivity index (χ4n) is 0.997. The molecule has 1 N–H and O–H groups in total. The molecule has 0 bridgehead atoms. The van der Waals surface area contributed by atoms with Gasteiger partial charge in [0, 0.05) is 7.11 Å². The molecular weight excluding hydrogens is 194 g/mol. The summed E-state index contributed by atoms with van der Waals surface area (Å²) in [6.45, 7) is 2.37. The van der Waals surface area contributed by atoms with Gasteiger partial charge in [0.25, 0.3) is 0 Å². The summed E-state index contributed by atoms with van der Waals surface area (Å²) in [6, 6.07) is 9.69. The molecule has 0 fully saturated rings. The Balaban J connectivity index is 1.93. The Bertz CT molecular complexity index is 241. The molecule has 15 heavy (non-hydrogen) atoms. The minimum absolute atomic E-state index is 0.543. The third-order valence-electron chi connectivity index (χ3n) is 1.71. The van der Waals surface area contributed by atoms with Crippen molar-refractivity contribution in [3.8, 4) is 5.75 Å². The van der Waals surface area contributed by atoms with Crippen molar-refractivity contribution in [3.05, 3.63) is 30.3 Å². The minimum Gasteiger partial charge on any atom is -0.492 e. The van der Waals surface area contributed by atoms with E-state index >= 15 is 0 Å². The van der Waals surface area contributed by atoms with Gasteiger partial charge in [-0.1, -0.05) is 18.2 Å². The van der Waals surface area contributed by atoms with Crippen LogP contribution in [0.25, 0.3) is 0 Å². The number of benzene rings is 1. The molecular formula is C11H17NO3. The van der Waals surface area contributed by atoms with Crippen molar-refractivity contribution in [1.82, 2.24) is 5.48 Å². The zero-order valence-electron chi connectivity index (χ0n) is 8.94. The Labute approximate surface area is 90.1 Å². The largest absolute Gasteiger partial charge is 0.492 e. The SMILES string of the molecule is COCCONCCOc1ccccc1. The summed E-state index contributed by atoms with van der Waals surface area (Å²) >= 11 is 0. The van der Waals surface area contributed by atoms with Crippen LogP contribution in [0, 0.1) is 0 Å². The first-order valence-electron chi connectivity index (χ1n) is 4.95. The highest BCUT2D eigenvalue weighted by atomic mass is 16.7. The van der Waals surface area contributed by atoms with Gasteiger partial charge in [0.15, 0.2) is 0 Å². The van der Waals surface area contributed by atoms with E-state index < -0.39 is 0 Å². The molecule has 0 aliphatic rings. The molecule has 4 nitrogen and oxygen atoms in total. The van der Waals surface area contributed by atoms with Crippen molar-refractivity contribution in [2.45, 2.75) is 0 Å². The quantitative estimate of drug-likeness (QED) is 0.518. The highest BCUT2D eigenvalue weighted by Gasteiger charge is 1.91. The number of rotatable bonds is 8. The van der Waals surface area contributed by atoms with Crippen molar-refractivity contribution in [3.63, 3.8) is 0 Å². The van der Waals surface area contributed by atoms with E-state index in [2.05, 4.69) is 5.48 Å². The number of hydrogen-bond acceptors (Lipinski definition) is 4. The van der Waals surface area contributed by atoms with Crippen LogP contribution in [0.2, 0.25) is 0 Å². The van der Waals surface area contributed by atoms with Gasteiger partial charge in [0.05, 0.1) is 19.8 Å². The van der Waals surface area contributed by atoms with Crippen molar-refractivity contribution >= 4 is 0 Å². The number of para-hydroxylation sites is 1. The second-order valence-electron chi connectivity index (χ2n) is 2.90. The fourth-order valence-corrected chi connectivity index (χ4v) is 0.997. The first-order chi connectivity index (χ1) is 7.43. The van der Waals surface area contributed by atoms with Crippen LogP contribution >= 0.6 is 0 Å². The maximum Gasteiger partial charge on any atom is 0.119 e. The lowest BCUT2D eigenvalue weighted by Crippen LogP contribution is -2.23. The van der Waals surface area contributed by atoms with Gasteiger partial charge in [0.2, 0.25) is 0 Å². The van der Waals surface area contributed by atoms with E-state index in [1.807, 2.05) is 30.3 Å². The van der Waals surface area contributed by atoms with Gasteiger partial charge in [0.1, 0.15) is 12.4 Å². The van der Waals surface area contributed by atoms with E-state index in [0.29, 0.717) is 26.4 Å². The Kier molecular flexibility index (Phi) is 6.57. The van der Waals surface area contributed by atoms with Crippen LogP contribution in [-0.4, -0.2) is 33.5 Å². The second-order valence-corrected chi connectivity index (χ2v) is 2.90. The lowest BCUT2D eigenvalue weighted by atomic mass is 10.3. The van der Waals surface area contributed by atoms with Gasteiger partial charge in [-0.15, -0.1) is 0 Å². The maximum atomic E-state index is 5.44. The van der Waals surface area contributed by atoms with Crippen molar-refractivity contribution < 1.29 is 14.3 Å². The molecule has 1 rings (SSSR count). The van der Waals surface area contributed by atoms with Crippen LogP contribution in [0.3, 0.4) is 0 Å². The zero-order valence-corrected chi connectivity index (χ0v) is 8.94. The van der Waals surface area contributed by atoms with E-state index in [4.69, 9.17) is 14.3 Å². The molecule has 0 radical (unpaired) electrons. The average molecular weight is 211 g/mol. The van der Waals surface area contributed by atoms with Crippen LogP contribution in [0.5, 0.6) is 5.75 Å². The topological polar surface area (TPSA) is 39.7 Å². The van der Waals surface area contributed by atoms with Crippen molar-refractivity contribution in [1.29, 1.82) is 0 Å². The number of ether oxygens (including phenoxy) is 2. The van der Waals surface area contributed by atoms with E-state index in [1.165, 1.54) is 0 Å². The van der Waals surface area contributed by atoms with Gasteiger partial charge in [-0.25, -0.2) is 0 Å². The molecule has 0 saturated heterocycles. The standard InChI is InChI=1S/C11H17NO3/c1-13-9-10-15-12-7-8-14-11-5-3-2-4-6-11/h2-6,12H,7-10H2,1H3. The summed E-state index contributed by atoms with van der Waals surface area (Å²) in [4.78, 5) is 5.06. The number of nitrogens with one attached hydrogen (secondary N) is 1. The third kappa shape index (κ3) is 6.06. The third-order valence-corrected chi connectivity index (χ3v) is 1.71. The Morgan fingerprint density at radius 2 is 1.87 bits per heavy atom. The minimum atomic E-state index is 0.543. The first kappa shape index (κ1) is 12.0. The molecule has 0 heterocycles. The molecule has 0 amide bonds. The van der Waals surface area contributed by atoms with Crippen LogP contribution in [-0.2, 0) is 9.57 Å². The van der Waals surface area contributed by atoms with E-state index in [0.717, 1.165) is 5.75 Å². The molecule has 0 aromatic heterocycles. The van der Waals surface area contributed by atoms with E-state index in [-0.39, 0.29) is 0 Å². The molecule has 0 saturated carbocycles. The van der Waals surface area contributed by atoms with Gasteiger partial charge >= 0.3 is 0 Å². The Morgan fingerprint density at radius 1 is 1.07 bits per heavy atom. The molecule has 0 atom stereocenters. The highest BCUT2D eigenvalue weighted by Crippen LogP contribution is 2.07. The van der Waals surface area contributed by atoms with Crippen molar-refractivity contribution in [2.24, 2.45) is 0 Å². The summed E-state index contributed by atoms with van der Waals surface area (Å²) in [7, 11) is 1.64. The van der Waals surface area contributed by atoms with Gasteiger partial charge in [-0.2, -0.15) is 5.48 Å². The van der Waals surface area contributed by atoms with E-state index in [1.54, 1.807) is 7.11 Å². The molecule has 4 heteroatoms. The predicted octanol–water partition coefficient (Wildman–Crippen LogP) is 1.23.